The van der Waals surface area contributed by atoms with Crippen LogP contribution in [0, 0.1) is 18.5 Å². The first kappa shape index (κ1) is 8.82. The summed E-state index contributed by atoms with van der Waals surface area (Å²) >= 11 is 0. The number of terminal acetylenes is 1. The van der Waals surface area contributed by atoms with Crippen LogP contribution in [0.15, 0.2) is 10.6 Å². The van der Waals surface area contributed by atoms with Gasteiger partial charge in [-0.15, -0.1) is 6.42 Å². The molecule has 0 saturated carbocycles. The molecule has 63 valence electrons. The summed E-state index contributed by atoms with van der Waals surface area (Å²) in [5.74, 6) is 3.01. The van der Waals surface area contributed by atoms with Crippen LogP contribution < -0.4 is 0 Å². The van der Waals surface area contributed by atoms with Crippen LogP contribution in [0.2, 0.25) is 0 Å². The van der Waals surface area contributed by atoms with E-state index in [9.17, 15) is 0 Å². The van der Waals surface area contributed by atoms with E-state index in [-0.39, 0.29) is 6.61 Å². The van der Waals surface area contributed by atoms with Gasteiger partial charge < -0.3 is 9.26 Å². The zero-order chi connectivity index (χ0) is 9.03. The Balaban J connectivity index is 2.67. The van der Waals surface area contributed by atoms with Gasteiger partial charge >= 0.3 is 0 Å². The molecule has 3 heteroatoms. The Hall–Kier alpha value is -1.27. The molecule has 0 aliphatic carbocycles. The van der Waals surface area contributed by atoms with Crippen LogP contribution in [0.5, 0.6) is 0 Å². The van der Waals surface area contributed by atoms with Crippen molar-refractivity contribution in [1.82, 2.24) is 5.16 Å². The van der Waals surface area contributed by atoms with Crippen molar-refractivity contribution < 1.29 is 9.26 Å². The second-order valence-electron chi connectivity index (χ2n) is 2.82. The Labute approximate surface area is 71.7 Å². The van der Waals surface area contributed by atoms with E-state index in [2.05, 4.69) is 17.3 Å². The number of nitrogens with zero attached hydrogens (tertiary/aromatic N) is 1. The lowest BCUT2D eigenvalue weighted by Crippen LogP contribution is -2.21. The molecule has 1 rings (SSSR count). The van der Waals surface area contributed by atoms with E-state index in [1.54, 1.807) is 6.07 Å². The summed E-state index contributed by atoms with van der Waals surface area (Å²) in [5, 5.41) is 3.46. The van der Waals surface area contributed by atoms with Gasteiger partial charge in [0.1, 0.15) is 18.4 Å². The second-order valence-corrected chi connectivity index (χ2v) is 2.82. The summed E-state index contributed by atoms with van der Waals surface area (Å²) in [6.45, 7) is 3.98. The van der Waals surface area contributed by atoms with Crippen molar-refractivity contribution in [1.29, 1.82) is 0 Å². The van der Waals surface area contributed by atoms with Crippen LogP contribution in [-0.2, 0) is 10.3 Å². The van der Waals surface area contributed by atoms with Crippen molar-refractivity contribution in [3.8, 4) is 12.3 Å². The molecule has 1 radical (unpaired) electrons. The molecule has 0 spiro atoms. The Morgan fingerprint density at radius 3 is 3.08 bits per heavy atom. The van der Waals surface area contributed by atoms with Gasteiger partial charge in [0, 0.05) is 6.07 Å². The monoisotopic (exact) mass is 164 g/mol. The van der Waals surface area contributed by atoms with Gasteiger partial charge in [0.2, 0.25) is 0 Å². The molecule has 0 bridgehead atoms. The van der Waals surface area contributed by atoms with Crippen molar-refractivity contribution in [3.05, 3.63) is 18.0 Å². The Morgan fingerprint density at radius 2 is 2.58 bits per heavy atom. The third-order valence-electron chi connectivity index (χ3n) is 1.50. The zero-order valence-corrected chi connectivity index (χ0v) is 7.13. The molecule has 0 N–H and O–H groups in total. The molecule has 0 aromatic carbocycles. The summed E-state index contributed by atoms with van der Waals surface area (Å²) in [4.78, 5) is 0. The second kappa shape index (κ2) is 3.42. The standard InChI is InChI=1S/C9H10NO2/c1-4-7-11-9(2,3)8-5-6-10-12-8/h1,5H,7H2,2-3H3. The van der Waals surface area contributed by atoms with Gasteiger partial charge in [-0.05, 0) is 13.8 Å². The summed E-state index contributed by atoms with van der Waals surface area (Å²) in [6, 6.07) is 1.64. The normalized spacial score (nSPS) is 11.1. The predicted molar refractivity (Wildman–Crippen MR) is 43.2 cm³/mol. The molecule has 3 nitrogen and oxygen atoms in total. The molecule has 0 amide bonds. The minimum atomic E-state index is -0.528. The molecular weight excluding hydrogens is 154 g/mol. The number of hydrogen-bond acceptors (Lipinski definition) is 3. The quantitative estimate of drug-likeness (QED) is 0.633. The average molecular weight is 164 g/mol. The smallest absolute Gasteiger partial charge is 0.168 e. The van der Waals surface area contributed by atoms with E-state index in [1.807, 2.05) is 13.8 Å². The zero-order valence-electron chi connectivity index (χ0n) is 7.13. The number of rotatable bonds is 3. The first-order chi connectivity index (χ1) is 5.67. The highest BCUT2D eigenvalue weighted by molar-refractivity contribution is 5.03. The number of hydrogen-bond donors (Lipinski definition) is 0. The predicted octanol–water partition coefficient (Wildman–Crippen LogP) is 1.36. The maximum Gasteiger partial charge on any atom is 0.168 e. The highest BCUT2D eigenvalue weighted by atomic mass is 16.5. The fraction of sp³-hybridized carbons (Fsp3) is 0.444. The van der Waals surface area contributed by atoms with Crippen molar-refractivity contribution >= 4 is 0 Å². The van der Waals surface area contributed by atoms with Gasteiger partial charge in [-0.25, -0.2) is 0 Å². The molecule has 0 unspecified atom stereocenters. The van der Waals surface area contributed by atoms with Gasteiger partial charge in [0.25, 0.3) is 0 Å². The summed E-state index contributed by atoms with van der Waals surface area (Å²) in [5.41, 5.74) is -0.528. The van der Waals surface area contributed by atoms with Crippen LogP contribution in [0.4, 0.5) is 0 Å². The Morgan fingerprint density at radius 1 is 1.83 bits per heavy atom. The van der Waals surface area contributed by atoms with E-state index in [0.29, 0.717) is 5.76 Å². The lowest BCUT2D eigenvalue weighted by atomic mass is 10.1. The first-order valence-corrected chi connectivity index (χ1v) is 3.57. The lowest BCUT2D eigenvalue weighted by molar-refractivity contribution is -0.0221. The van der Waals surface area contributed by atoms with Crippen molar-refractivity contribution in [2.45, 2.75) is 19.4 Å². The van der Waals surface area contributed by atoms with Crippen LogP contribution in [0.25, 0.3) is 0 Å². The van der Waals surface area contributed by atoms with Crippen molar-refractivity contribution in [2.75, 3.05) is 6.61 Å². The summed E-state index contributed by atoms with van der Waals surface area (Å²) in [6.07, 6.45) is 7.62. The largest absolute Gasteiger partial charge is 0.358 e. The van der Waals surface area contributed by atoms with Gasteiger partial charge in [0.15, 0.2) is 5.76 Å². The molecule has 0 atom stereocenters. The summed E-state index contributed by atoms with van der Waals surface area (Å²) < 4.78 is 10.2. The minimum Gasteiger partial charge on any atom is -0.358 e. The van der Waals surface area contributed by atoms with Gasteiger partial charge in [-0.2, -0.15) is 0 Å². The number of ether oxygens (including phenoxy) is 1. The highest BCUT2D eigenvalue weighted by Crippen LogP contribution is 2.23. The van der Waals surface area contributed by atoms with Crippen molar-refractivity contribution in [2.24, 2.45) is 0 Å². The van der Waals surface area contributed by atoms with E-state index in [4.69, 9.17) is 15.7 Å². The molecule has 12 heavy (non-hydrogen) atoms. The Bertz CT molecular complexity index is 269. The third kappa shape index (κ3) is 1.86. The first-order valence-electron chi connectivity index (χ1n) is 3.57. The summed E-state index contributed by atoms with van der Waals surface area (Å²) in [7, 11) is 0. The maximum absolute atomic E-state index is 5.33. The van der Waals surface area contributed by atoms with Gasteiger partial charge in [0.05, 0.1) is 0 Å². The fourth-order valence-corrected chi connectivity index (χ4v) is 0.764. The van der Waals surface area contributed by atoms with E-state index < -0.39 is 5.60 Å². The molecule has 0 fully saturated rings. The number of aromatic nitrogens is 1. The molecule has 0 saturated heterocycles. The van der Waals surface area contributed by atoms with Crippen LogP contribution in [-0.4, -0.2) is 11.8 Å². The van der Waals surface area contributed by atoms with Crippen molar-refractivity contribution in [3.63, 3.8) is 0 Å². The molecule has 0 aliphatic rings. The SMILES string of the molecule is C#CCOC(C)(C)c1c[c]no1. The van der Waals surface area contributed by atoms with Crippen LogP contribution >= 0.6 is 0 Å². The average Bonchev–Trinajstić information content (AvgIpc) is 2.53. The molecule has 0 aliphatic heterocycles. The fourth-order valence-electron chi connectivity index (χ4n) is 0.764. The molecule has 1 aromatic heterocycles. The van der Waals surface area contributed by atoms with E-state index in [1.165, 1.54) is 0 Å². The van der Waals surface area contributed by atoms with Crippen LogP contribution in [0.3, 0.4) is 0 Å². The Kier molecular flexibility index (Phi) is 2.51. The maximum atomic E-state index is 5.33. The van der Waals surface area contributed by atoms with Crippen LogP contribution in [0.1, 0.15) is 19.6 Å². The topological polar surface area (TPSA) is 35.3 Å². The van der Waals surface area contributed by atoms with Gasteiger partial charge in [-0.3, -0.25) is 0 Å². The molecule has 1 heterocycles. The highest BCUT2D eigenvalue weighted by Gasteiger charge is 2.24. The third-order valence-corrected chi connectivity index (χ3v) is 1.50. The minimum absolute atomic E-state index is 0.258. The van der Waals surface area contributed by atoms with E-state index in [0.717, 1.165) is 0 Å². The molecular formula is C9H10NO2. The lowest BCUT2D eigenvalue weighted by Gasteiger charge is -2.20. The van der Waals surface area contributed by atoms with Gasteiger partial charge in [-0.1, -0.05) is 11.1 Å². The van der Waals surface area contributed by atoms with E-state index >= 15 is 0 Å². The molecule has 1 aromatic rings.